The fourth-order valence-electron chi connectivity index (χ4n) is 0. The number of carbonyl (C=O) groups is 6. The van der Waals surface area contributed by atoms with Crippen molar-refractivity contribution >= 4 is 53.5 Å². The zero-order valence-corrected chi connectivity index (χ0v) is 28.4. The molecule has 0 bridgehead atoms. The Morgan fingerprint density at radius 1 is 0.433 bits per heavy atom. The van der Waals surface area contributed by atoms with Gasteiger partial charge in [-0.05, 0) is 76.2 Å². The van der Waals surface area contributed by atoms with Crippen LogP contribution < -0.4 is 63.8 Å². The van der Waals surface area contributed by atoms with Crippen LogP contribution in [-0.4, -0.2) is 34.7 Å². The Hall–Kier alpha value is 1.12. The molecule has 0 aromatic rings. The standard InChI is InChI=1S/6C3H5O.3ClH.K.2Pt/c6*1-3(2)4;;;;;;/h6*1H2,2H3;3*1H;;;/q6*-1;;;;3*+1/p-3. The molecule has 0 heterocycles. The summed E-state index contributed by atoms with van der Waals surface area (Å²) in [6.45, 7) is 26.5. The second-order valence-electron chi connectivity index (χ2n) is 4.21. The molecule has 0 N–H and O–H groups in total. The third-order valence-corrected chi connectivity index (χ3v) is 0. The van der Waals surface area contributed by atoms with Crippen LogP contribution in [0.25, 0.3) is 0 Å². The Balaban J connectivity index is -0.0000000191. The topological polar surface area (TPSA) is 102 Å². The van der Waals surface area contributed by atoms with E-state index in [9.17, 15) is 28.8 Å². The van der Waals surface area contributed by atoms with E-state index < -0.39 is 0 Å². The molecule has 0 aliphatic heterocycles. The van der Waals surface area contributed by atoms with Crippen LogP contribution in [0.2, 0.25) is 0 Å². The Labute approximate surface area is 263 Å². The SMILES string of the molecule is [CH2-]C(C)=O.[CH2-]C(C)=O.[CH2-]C(C)=O.[CH2-]C(C)=O.[CH2-]C(C)=O.[CH2-]C(C)=O.[Cl-].[Cl][Pt].[Cl][Pt].[K+]. The molecule has 0 rings (SSSR count). The molecular weight excluding hydrogens is 848 g/mol. The number of hydrogen-bond donors (Lipinski definition) is 0. The molecule has 0 atom stereocenters. The van der Waals surface area contributed by atoms with Gasteiger partial charge in [0.25, 0.3) is 0 Å². The summed E-state index contributed by atoms with van der Waals surface area (Å²) in [5, 5.41) is 0. The molecule has 12 heteroatoms. The second-order valence-corrected chi connectivity index (χ2v) is 4.21. The van der Waals surface area contributed by atoms with Crippen LogP contribution in [0.15, 0.2) is 0 Å². The number of ketones is 6. The fourth-order valence-corrected chi connectivity index (χ4v) is 0. The molecule has 0 saturated heterocycles. The zero-order chi connectivity index (χ0) is 25.5. The number of halogens is 3. The molecule has 30 heavy (non-hydrogen) atoms. The molecule has 0 unspecified atom stereocenters. The molecule has 0 spiro atoms. The third kappa shape index (κ3) is 18300. The van der Waals surface area contributed by atoms with Crippen molar-refractivity contribution in [3.8, 4) is 0 Å². The summed E-state index contributed by atoms with van der Waals surface area (Å²) in [6, 6.07) is 0. The van der Waals surface area contributed by atoms with Crippen molar-refractivity contribution in [2.45, 2.75) is 41.5 Å². The number of carbonyl (C=O) groups excluding carboxylic acids is 6. The Bertz CT molecular complexity index is 281. The Morgan fingerprint density at radius 3 is 0.433 bits per heavy atom. The predicted molar refractivity (Wildman–Crippen MR) is 108 cm³/mol. The van der Waals surface area contributed by atoms with Gasteiger partial charge in [0.15, 0.2) is 0 Å². The number of hydrogen-bond acceptors (Lipinski definition) is 6. The maximum Gasteiger partial charge on any atom is 1.00 e. The van der Waals surface area contributed by atoms with Gasteiger partial charge in [0.05, 0.1) is 0 Å². The number of Topliss-reactive ketones (excluding diaryl/α,β-unsaturated/α-hetero) is 6. The third-order valence-electron chi connectivity index (χ3n) is 0. The van der Waals surface area contributed by atoms with E-state index in [4.69, 9.17) is 0 Å². The average Bonchev–Trinajstić information content (AvgIpc) is 2.38. The van der Waals surface area contributed by atoms with Gasteiger partial charge >= 0.3 is 108 Å². The first kappa shape index (κ1) is 63.3. The second kappa shape index (κ2) is 69.9. The molecule has 0 amide bonds. The summed E-state index contributed by atoms with van der Waals surface area (Å²) in [7, 11) is 9.22. The quantitative estimate of drug-likeness (QED) is 0.203. The maximum absolute atomic E-state index is 9.33. The van der Waals surface area contributed by atoms with Gasteiger partial charge in [-0.25, -0.2) is 0 Å². The number of rotatable bonds is 0. The van der Waals surface area contributed by atoms with E-state index in [1.165, 1.54) is 41.5 Å². The Morgan fingerprint density at radius 2 is 0.433 bits per heavy atom. The first-order valence-corrected chi connectivity index (χ1v) is 12.2. The largest absolute Gasteiger partial charge is 1.00 e. The molecular formula is C18H30Cl3KO6Pt2-6. The van der Waals surface area contributed by atoms with Gasteiger partial charge in [-0.1, -0.05) is 0 Å². The maximum atomic E-state index is 9.33. The molecule has 0 saturated carbocycles. The van der Waals surface area contributed by atoms with E-state index in [1.54, 1.807) is 37.5 Å². The van der Waals surface area contributed by atoms with Gasteiger partial charge in [-0.15, -0.1) is 0 Å². The monoisotopic (exact) mass is 876 g/mol. The molecule has 0 aliphatic rings. The molecule has 0 aromatic carbocycles. The van der Waals surface area contributed by atoms with Crippen LogP contribution in [0.3, 0.4) is 0 Å². The van der Waals surface area contributed by atoms with Gasteiger partial charge < -0.3 is 82.7 Å². The van der Waals surface area contributed by atoms with Crippen LogP contribution in [0.4, 0.5) is 0 Å². The van der Waals surface area contributed by atoms with Crippen molar-refractivity contribution in [2.75, 3.05) is 0 Å². The first-order chi connectivity index (χ1) is 12.4. The van der Waals surface area contributed by atoms with Crippen LogP contribution >= 0.6 is 18.8 Å². The predicted octanol–water partition coefficient (Wildman–Crippen LogP) is -2.16. The van der Waals surface area contributed by atoms with Gasteiger partial charge in [-0.3, -0.25) is 0 Å². The summed E-state index contributed by atoms with van der Waals surface area (Å²) < 4.78 is 0. The molecule has 186 valence electrons. The van der Waals surface area contributed by atoms with E-state index in [2.05, 4.69) is 60.4 Å². The minimum atomic E-state index is -0.0833. The molecule has 0 aliphatic carbocycles. The normalized spacial score (nSPS) is 5.47. The van der Waals surface area contributed by atoms with Crippen molar-refractivity contribution in [2.24, 2.45) is 0 Å². The van der Waals surface area contributed by atoms with E-state index in [-0.39, 0.29) is 98.5 Å². The van der Waals surface area contributed by atoms with Gasteiger partial charge in [0.1, 0.15) is 0 Å². The fraction of sp³-hybridized carbons (Fsp3) is 0.333. The van der Waals surface area contributed by atoms with Crippen molar-refractivity contribution in [1.82, 2.24) is 0 Å². The minimum absolute atomic E-state index is 0. The first-order valence-electron chi connectivity index (χ1n) is 6.59. The van der Waals surface area contributed by atoms with E-state index in [1.807, 2.05) is 0 Å². The van der Waals surface area contributed by atoms with Crippen molar-refractivity contribution in [3.63, 3.8) is 0 Å². The van der Waals surface area contributed by atoms with E-state index >= 15 is 0 Å². The summed E-state index contributed by atoms with van der Waals surface area (Å²) in [5.41, 5.74) is 0. The summed E-state index contributed by atoms with van der Waals surface area (Å²) in [4.78, 5) is 56.0. The van der Waals surface area contributed by atoms with Crippen LogP contribution in [0.5, 0.6) is 0 Å². The van der Waals surface area contributed by atoms with Crippen LogP contribution in [-0.2, 0) is 66.3 Å². The summed E-state index contributed by atoms with van der Waals surface area (Å²) >= 11 is 3.22. The van der Waals surface area contributed by atoms with Crippen LogP contribution in [0.1, 0.15) is 41.5 Å². The van der Waals surface area contributed by atoms with Gasteiger partial charge in [0.2, 0.25) is 0 Å². The van der Waals surface area contributed by atoms with Crippen molar-refractivity contribution in [3.05, 3.63) is 41.5 Å². The summed E-state index contributed by atoms with van der Waals surface area (Å²) in [6.07, 6.45) is 0. The molecule has 0 fully saturated rings. The van der Waals surface area contributed by atoms with Crippen molar-refractivity contribution in [1.29, 1.82) is 0 Å². The molecule has 6 nitrogen and oxygen atoms in total. The van der Waals surface area contributed by atoms with E-state index in [0.29, 0.717) is 0 Å². The smallest absolute Gasteiger partial charge is 1.00 e. The van der Waals surface area contributed by atoms with Gasteiger partial charge in [0, 0.05) is 0 Å². The average molecular weight is 878 g/mol. The summed E-state index contributed by atoms with van der Waals surface area (Å²) in [5.74, 6) is -0.500. The zero-order valence-electron chi connectivity index (χ0n) is 18.5. The van der Waals surface area contributed by atoms with E-state index in [0.717, 1.165) is 0 Å². The van der Waals surface area contributed by atoms with Crippen molar-refractivity contribution < 1.29 is 130 Å². The Kier molecular flexibility index (Phi) is 147. The molecule has 0 aromatic heterocycles. The van der Waals surface area contributed by atoms with Crippen LogP contribution in [0, 0.1) is 41.5 Å². The minimum Gasteiger partial charge on any atom is 1.00 e. The van der Waals surface area contributed by atoms with Gasteiger partial charge in [-0.2, -0.15) is 0 Å². The molecule has 0 radical (unpaired) electrons.